The van der Waals surface area contributed by atoms with Crippen molar-refractivity contribution < 1.29 is 23.7 Å². The summed E-state index contributed by atoms with van der Waals surface area (Å²) in [5, 5.41) is 2.87. The zero-order valence-corrected chi connectivity index (χ0v) is 17.1. The van der Waals surface area contributed by atoms with Crippen LogP contribution in [0.25, 0.3) is 0 Å². The third kappa shape index (κ3) is 5.47. The summed E-state index contributed by atoms with van der Waals surface area (Å²) >= 11 is 1.52. The molecule has 0 unspecified atom stereocenters. The number of amides is 1. The van der Waals surface area contributed by atoms with Gasteiger partial charge in [-0.1, -0.05) is 0 Å². The molecule has 0 bridgehead atoms. The first-order valence-corrected chi connectivity index (χ1v) is 9.49. The van der Waals surface area contributed by atoms with Crippen LogP contribution in [0.15, 0.2) is 30.3 Å². The molecule has 7 heteroatoms. The standard InChI is InChI=1S/C20H25NO5S/c1-13-8-18(25-4)19(26-5)9-14(13)11-27-12-20(22)21-16-10-15(23-2)6-7-17(16)24-3/h6-10H,11-12H2,1-5H3,(H,21,22). The molecule has 0 aliphatic rings. The summed E-state index contributed by atoms with van der Waals surface area (Å²) in [5.74, 6) is 3.52. The highest BCUT2D eigenvalue weighted by molar-refractivity contribution is 7.99. The second kappa shape index (κ2) is 9.97. The van der Waals surface area contributed by atoms with Crippen LogP contribution >= 0.6 is 11.8 Å². The average molecular weight is 391 g/mol. The third-order valence-electron chi connectivity index (χ3n) is 4.01. The van der Waals surface area contributed by atoms with Crippen LogP contribution in [0.3, 0.4) is 0 Å². The van der Waals surface area contributed by atoms with Crippen LogP contribution in [-0.4, -0.2) is 40.1 Å². The van der Waals surface area contributed by atoms with Gasteiger partial charge in [-0.25, -0.2) is 0 Å². The third-order valence-corrected chi connectivity index (χ3v) is 5.00. The monoisotopic (exact) mass is 391 g/mol. The Balaban J connectivity index is 1.97. The molecule has 0 aliphatic heterocycles. The number of nitrogens with one attached hydrogen (secondary N) is 1. The lowest BCUT2D eigenvalue weighted by molar-refractivity contribution is -0.113. The van der Waals surface area contributed by atoms with Gasteiger partial charge in [0.1, 0.15) is 11.5 Å². The van der Waals surface area contributed by atoms with E-state index in [1.165, 1.54) is 11.8 Å². The number of carbonyl (C=O) groups is 1. The van der Waals surface area contributed by atoms with Gasteiger partial charge in [0, 0.05) is 11.8 Å². The molecule has 146 valence electrons. The van der Waals surface area contributed by atoms with Gasteiger partial charge in [-0.3, -0.25) is 4.79 Å². The number of carbonyl (C=O) groups excluding carboxylic acids is 1. The molecule has 0 aliphatic carbocycles. The Bertz CT molecular complexity index is 794. The van der Waals surface area contributed by atoms with Crippen LogP contribution in [0.1, 0.15) is 11.1 Å². The van der Waals surface area contributed by atoms with E-state index in [0.29, 0.717) is 40.2 Å². The molecule has 1 N–H and O–H groups in total. The van der Waals surface area contributed by atoms with Gasteiger partial charge in [-0.05, 0) is 42.3 Å². The summed E-state index contributed by atoms with van der Waals surface area (Å²) in [6, 6.07) is 9.16. The molecule has 2 aromatic rings. The normalized spacial score (nSPS) is 10.3. The van der Waals surface area contributed by atoms with Crippen LogP contribution in [-0.2, 0) is 10.5 Å². The van der Waals surface area contributed by atoms with Crippen LogP contribution in [0.5, 0.6) is 23.0 Å². The summed E-state index contributed by atoms with van der Waals surface area (Å²) in [6.45, 7) is 2.01. The molecule has 0 fully saturated rings. The SMILES string of the molecule is COc1ccc(OC)c(NC(=O)CSCc2cc(OC)c(OC)cc2C)c1. The Labute approximate surface area is 164 Å². The van der Waals surface area contributed by atoms with Gasteiger partial charge in [0.2, 0.25) is 5.91 Å². The summed E-state index contributed by atoms with van der Waals surface area (Å²) in [5.41, 5.74) is 2.78. The van der Waals surface area contributed by atoms with E-state index in [4.69, 9.17) is 18.9 Å². The number of benzene rings is 2. The number of anilines is 1. The van der Waals surface area contributed by atoms with Gasteiger partial charge in [0.15, 0.2) is 11.5 Å². The minimum Gasteiger partial charge on any atom is -0.497 e. The number of methoxy groups -OCH3 is 4. The maximum Gasteiger partial charge on any atom is 0.234 e. The molecule has 2 aromatic carbocycles. The fraction of sp³-hybridized carbons (Fsp3) is 0.350. The van der Waals surface area contributed by atoms with Crippen molar-refractivity contribution in [2.24, 2.45) is 0 Å². The molecule has 2 rings (SSSR count). The minimum absolute atomic E-state index is 0.107. The van der Waals surface area contributed by atoms with Crippen LogP contribution in [0.2, 0.25) is 0 Å². The van der Waals surface area contributed by atoms with E-state index in [9.17, 15) is 4.79 Å². The number of hydrogen-bond acceptors (Lipinski definition) is 6. The first-order chi connectivity index (χ1) is 13.0. The van der Waals surface area contributed by atoms with Crippen molar-refractivity contribution in [2.45, 2.75) is 12.7 Å². The van der Waals surface area contributed by atoms with Crippen LogP contribution in [0, 0.1) is 6.92 Å². The summed E-state index contributed by atoms with van der Waals surface area (Å²) in [6.07, 6.45) is 0. The molecule has 0 heterocycles. The molecule has 0 saturated heterocycles. The van der Waals surface area contributed by atoms with Crippen molar-refractivity contribution in [3.05, 3.63) is 41.5 Å². The highest BCUT2D eigenvalue weighted by Crippen LogP contribution is 2.32. The van der Waals surface area contributed by atoms with E-state index < -0.39 is 0 Å². The Morgan fingerprint density at radius 3 is 2.22 bits per heavy atom. The Hall–Kier alpha value is -2.54. The van der Waals surface area contributed by atoms with Gasteiger partial charge in [0.25, 0.3) is 0 Å². The van der Waals surface area contributed by atoms with E-state index in [2.05, 4.69) is 5.32 Å². The Morgan fingerprint density at radius 1 is 0.926 bits per heavy atom. The molecule has 0 spiro atoms. The fourth-order valence-corrected chi connectivity index (χ4v) is 3.42. The zero-order chi connectivity index (χ0) is 19.8. The second-order valence-corrected chi connectivity index (χ2v) is 6.73. The van der Waals surface area contributed by atoms with Crippen molar-refractivity contribution in [3.63, 3.8) is 0 Å². The predicted molar refractivity (Wildman–Crippen MR) is 109 cm³/mol. The smallest absolute Gasteiger partial charge is 0.234 e. The lowest BCUT2D eigenvalue weighted by atomic mass is 10.1. The van der Waals surface area contributed by atoms with Crippen molar-refractivity contribution in [3.8, 4) is 23.0 Å². The van der Waals surface area contributed by atoms with Crippen molar-refractivity contribution in [2.75, 3.05) is 39.5 Å². The van der Waals surface area contributed by atoms with Crippen LogP contribution in [0.4, 0.5) is 5.69 Å². The van der Waals surface area contributed by atoms with E-state index >= 15 is 0 Å². The van der Waals surface area contributed by atoms with E-state index in [1.807, 2.05) is 19.1 Å². The maximum atomic E-state index is 12.3. The average Bonchev–Trinajstić information content (AvgIpc) is 2.68. The van der Waals surface area contributed by atoms with Gasteiger partial charge >= 0.3 is 0 Å². The van der Waals surface area contributed by atoms with Gasteiger partial charge in [-0.2, -0.15) is 0 Å². The van der Waals surface area contributed by atoms with Crippen molar-refractivity contribution in [1.29, 1.82) is 0 Å². The van der Waals surface area contributed by atoms with E-state index in [1.54, 1.807) is 46.6 Å². The molecule has 0 radical (unpaired) electrons. The molecule has 0 aromatic heterocycles. The summed E-state index contributed by atoms with van der Waals surface area (Å²) in [7, 11) is 6.36. The molecule has 27 heavy (non-hydrogen) atoms. The summed E-state index contributed by atoms with van der Waals surface area (Å²) in [4.78, 5) is 12.3. The Kier molecular flexibility index (Phi) is 7.67. The number of thioether (sulfide) groups is 1. The molecule has 0 saturated carbocycles. The van der Waals surface area contributed by atoms with E-state index in [-0.39, 0.29) is 5.91 Å². The van der Waals surface area contributed by atoms with Gasteiger partial charge < -0.3 is 24.3 Å². The fourth-order valence-electron chi connectivity index (χ4n) is 2.53. The highest BCUT2D eigenvalue weighted by atomic mass is 32.2. The molecule has 6 nitrogen and oxygen atoms in total. The maximum absolute atomic E-state index is 12.3. The quantitative estimate of drug-likeness (QED) is 0.699. The van der Waals surface area contributed by atoms with Crippen molar-refractivity contribution in [1.82, 2.24) is 0 Å². The Morgan fingerprint density at radius 2 is 1.59 bits per heavy atom. The van der Waals surface area contributed by atoms with Crippen molar-refractivity contribution >= 4 is 23.4 Å². The lowest BCUT2D eigenvalue weighted by Gasteiger charge is -2.13. The highest BCUT2D eigenvalue weighted by Gasteiger charge is 2.12. The molecular weight excluding hydrogens is 366 g/mol. The number of ether oxygens (including phenoxy) is 4. The predicted octanol–water partition coefficient (Wildman–Crippen LogP) is 3.90. The minimum atomic E-state index is -0.107. The zero-order valence-electron chi connectivity index (χ0n) is 16.3. The lowest BCUT2D eigenvalue weighted by Crippen LogP contribution is -2.15. The number of rotatable bonds is 9. The van der Waals surface area contributed by atoms with Gasteiger partial charge in [-0.15, -0.1) is 11.8 Å². The first kappa shape index (κ1) is 20.8. The second-order valence-electron chi connectivity index (χ2n) is 5.74. The number of hydrogen-bond donors (Lipinski definition) is 1. The molecule has 1 amide bonds. The topological polar surface area (TPSA) is 66.0 Å². The summed E-state index contributed by atoms with van der Waals surface area (Å²) < 4.78 is 21.1. The van der Waals surface area contributed by atoms with Crippen LogP contribution < -0.4 is 24.3 Å². The van der Waals surface area contributed by atoms with E-state index in [0.717, 1.165) is 11.1 Å². The number of aryl methyl sites for hydroxylation is 1. The van der Waals surface area contributed by atoms with Gasteiger partial charge in [0.05, 0.1) is 39.9 Å². The molecular formula is C20H25NO5S. The largest absolute Gasteiger partial charge is 0.497 e. The first-order valence-electron chi connectivity index (χ1n) is 8.33. The molecule has 0 atom stereocenters.